The summed E-state index contributed by atoms with van der Waals surface area (Å²) >= 11 is 5.86. The molecular weight excluding hydrogens is 268 g/mol. The van der Waals surface area contributed by atoms with Crippen LogP contribution in [0.1, 0.15) is 35.9 Å². The van der Waals surface area contributed by atoms with E-state index >= 15 is 0 Å². The summed E-state index contributed by atoms with van der Waals surface area (Å²) in [6.45, 7) is 0. The number of halogens is 1. The minimum Gasteiger partial charge on any atom is -0.366 e. The maximum absolute atomic E-state index is 9.35. The number of nitrogens with one attached hydrogen (secondary N) is 1. The zero-order valence-electron chi connectivity index (χ0n) is 11.0. The molecule has 0 spiro atoms. The van der Waals surface area contributed by atoms with E-state index in [1.165, 1.54) is 18.4 Å². The molecule has 0 bridgehead atoms. The van der Waals surface area contributed by atoms with Crippen LogP contribution in [0.4, 0.5) is 5.69 Å². The van der Waals surface area contributed by atoms with Crippen molar-refractivity contribution in [2.24, 2.45) is 0 Å². The molecule has 1 aliphatic rings. The molecule has 0 heterocycles. The van der Waals surface area contributed by atoms with Gasteiger partial charge in [-0.3, -0.25) is 0 Å². The van der Waals surface area contributed by atoms with Gasteiger partial charge in [0, 0.05) is 10.7 Å². The van der Waals surface area contributed by atoms with Crippen molar-refractivity contribution in [2.45, 2.75) is 24.8 Å². The van der Waals surface area contributed by atoms with Crippen molar-refractivity contribution in [3.8, 4) is 6.07 Å². The molecule has 0 aliphatic heterocycles. The van der Waals surface area contributed by atoms with Gasteiger partial charge in [-0.2, -0.15) is 5.26 Å². The molecular formula is C17H15ClN2. The van der Waals surface area contributed by atoms with Gasteiger partial charge >= 0.3 is 0 Å². The fourth-order valence-corrected chi connectivity index (χ4v) is 2.41. The third kappa shape index (κ3) is 2.95. The summed E-state index contributed by atoms with van der Waals surface area (Å²) in [5.74, 6) is 0.744. The maximum Gasteiger partial charge on any atom is 0.140 e. The van der Waals surface area contributed by atoms with Gasteiger partial charge in [-0.25, -0.2) is 0 Å². The summed E-state index contributed by atoms with van der Waals surface area (Å²) in [5.41, 5.74) is 3.27. The Balaban J connectivity index is 1.75. The van der Waals surface area contributed by atoms with Crippen LogP contribution in [0.5, 0.6) is 0 Å². The summed E-state index contributed by atoms with van der Waals surface area (Å²) in [6, 6.07) is 17.7. The van der Waals surface area contributed by atoms with Gasteiger partial charge in [-0.15, -0.1) is 0 Å². The Morgan fingerprint density at radius 2 is 1.70 bits per heavy atom. The van der Waals surface area contributed by atoms with Gasteiger partial charge in [0.25, 0.3) is 0 Å². The lowest BCUT2D eigenvalue weighted by Gasteiger charge is -2.14. The fourth-order valence-electron chi connectivity index (χ4n) is 2.28. The average molecular weight is 283 g/mol. The second-order valence-corrected chi connectivity index (χ2v) is 5.59. The quantitative estimate of drug-likeness (QED) is 0.866. The van der Waals surface area contributed by atoms with Crippen LogP contribution in [0.25, 0.3) is 0 Å². The summed E-state index contributed by atoms with van der Waals surface area (Å²) < 4.78 is 0. The van der Waals surface area contributed by atoms with Gasteiger partial charge in [0.1, 0.15) is 6.04 Å². The molecule has 2 nitrogen and oxygen atoms in total. The molecule has 20 heavy (non-hydrogen) atoms. The number of hydrogen-bond donors (Lipinski definition) is 1. The van der Waals surface area contributed by atoms with E-state index in [4.69, 9.17) is 11.6 Å². The van der Waals surface area contributed by atoms with E-state index < -0.39 is 0 Å². The van der Waals surface area contributed by atoms with Gasteiger partial charge in [0.2, 0.25) is 0 Å². The van der Waals surface area contributed by atoms with E-state index in [9.17, 15) is 5.26 Å². The molecule has 2 aromatic rings. The minimum atomic E-state index is -0.343. The average Bonchev–Trinajstić information content (AvgIpc) is 3.32. The van der Waals surface area contributed by atoms with Crippen LogP contribution in [0, 0.1) is 11.3 Å². The summed E-state index contributed by atoms with van der Waals surface area (Å²) in [4.78, 5) is 0. The van der Waals surface area contributed by atoms with E-state index in [1.54, 1.807) is 0 Å². The Morgan fingerprint density at radius 1 is 1.05 bits per heavy atom. The highest BCUT2D eigenvalue weighted by molar-refractivity contribution is 6.30. The predicted octanol–water partition coefficient (Wildman–Crippen LogP) is 4.89. The highest BCUT2D eigenvalue weighted by atomic mass is 35.5. The normalized spacial score (nSPS) is 15.4. The second-order valence-electron chi connectivity index (χ2n) is 5.15. The molecule has 3 rings (SSSR count). The molecule has 1 atom stereocenters. The summed E-state index contributed by atoms with van der Waals surface area (Å²) in [6.07, 6.45) is 2.59. The third-order valence-electron chi connectivity index (χ3n) is 3.60. The van der Waals surface area contributed by atoms with Crippen molar-refractivity contribution in [1.82, 2.24) is 0 Å². The van der Waals surface area contributed by atoms with Gasteiger partial charge in [0.05, 0.1) is 6.07 Å². The molecule has 1 saturated carbocycles. The van der Waals surface area contributed by atoms with Crippen molar-refractivity contribution < 1.29 is 0 Å². The summed E-state index contributed by atoms with van der Waals surface area (Å²) in [7, 11) is 0. The number of benzene rings is 2. The highest BCUT2D eigenvalue weighted by Crippen LogP contribution is 2.40. The Labute approximate surface area is 124 Å². The van der Waals surface area contributed by atoms with Crippen LogP contribution < -0.4 is 5.32 Å². The third-order valence-corrected chi connectivity index (χ3v) is 3.85. The van der Waals surface area contributed by atoms with Crippen molar-refractivity contribution in [3.05, 3.63) is 64.7 Å². The number of anilines is 1. The molecule has 100 valence electrons. The van der Waals surface area contributed by atoms with Crippen LogP contribution in [0.2, 0.25) is 5.02 Å². The molecule has 0 saturated heterocycles. The molecule has 3 heteroatoms. The Bertz CT molecular complexity index is 622. The molecule has 2 aromatic carbocycles. The first-order valence-electron chi connectivity index (χ1n) is 6.78. The van der Waals surface area contributed by atoms with Crippen LogP contribution in [0.3, 0.4) is 0 Å². The lowest BCUT2D eigenvalue weighted by molar-refractivity contribution is 0.991. The SMILES string of the molecule is N#CC(Nc1ccc(Cl)cc1)c1ccc(C2CC2)cc1. The maximum atomic E-state index is 9.35. The van der Waals surface area contributed by atoms with Crippen molar-refractivity contribution in [3.63, 3.8) is 0 Å². The molecule has 0 aromatic heterocycles. The first-order valence-corrected chi connectivity index (χ1v) is 7.15. The Kier molecular flexibility index (Phi) is 3.62. The molecule has 0 radical (unpaired) electrons. The zero-order chi connectivity index (χ0) is 13.9. The Hall–Kier alpha value is -1.98. The largest absolute Gasteiger partial charge is 0.366 e. The predicted molar refractivity (Wildman–Crippen MR) is 81.8 cm³/mol. The molecule has 1 N–H and O–H groups in total. The van der Waals surface area contributed by atoms with Gasteiger partial charge in [-0.1, -0.05) is 35.9 Å². The first kappa shape index (κ1) is 13.0. The molecule has 1 unspecified atom stereocenters. The van der Waals surface area contributed by atoms with E-state index in [0.29, 0.717) is 5.02 Å². The summed E-state index contributed by atoms with van der Waals surface area (Å²) in [5, 5.41) is 13.3. The van der Waals surface area contributed by atoms with E-state index in [0.717, 1.165) is 17.2 Å². The van der Waals surface area contributed by atoms with E-state index in [2.05, 4.69) is 23.5 Å². The fraction of sp³-hybridized carbons (Fsp3) is 0.235. The standard InChI is InChI=1S/C17H15ClN2/c18-15-7-9-16(10-8-15)20-17(11-19)14-5-3-13(4-6-14)12-1-2-12/h3-10,12,17,20H,1-2H2. The van der Waals surface area contributed by atoms with Crippen molar-refractivity contribution >= 4 is 17.3 Å². The monoisotopic (exact) mass is 282 g/mol. The second kappa shape index (κ2) is 5.56. The lowest BCUT2D eigenvalue weighted by Crippen LogP contribution is -2.08. The smallest absolute Gasteiger partial charge is 0.140 e. The number of hydrogen-bond acceptors (Lipinski definition) is 2. The van der Waals surface area contributed by atoms with Gasteiger partial charge in [-0.05, 0) is 54.2 Å². The highest BCUT2D eigenvalue weighted by Gasteiger charge is 2.23. The molecule has 1 fully saturated rings. The van der Waals surface area contributed by atoms with Crippen molar-refractivity contribution in [1.29, 1.82) is 5.26 Å². The zero-order valence-corrected chi connectivity index (χ0v) is 11.8. The lowest BCUT2D eigenvalue weighted by atomic mass is 10.0. The van der Waals surface area contributed by atoms with Gasteiger partial charge in [0.15, 0.2) is 0 Å². The van der Waals surface area contributed by atoms with E-state index in [-0.39, 0.29) is 6.04 Å². The molecule has 0 amide bonds. The van der Waals surface area contributed by atoms with Crippen LogP contribution in [0.15, 0.2) is 48.5 Å². The van der Waals surface area contributed by atoms with Crippen LogP contribution in [-0.4, -0.2) is 0 Å². The van der Waals surface area contributed by atoms with Crippen LogP contribution >= 0.6 is 11.6 Å². The topological polar surface area (TPSA) is 35.8 Å². The Morgan fingerprint density at radius 3 is 2.25 bits per heavy atom. The number of rotatable bonds is 4. The number of nitrogens with zero attached hydrogens (tertiary/aromatic N) is 1. The van der Waals surface area contributed by atoms with E-state index in [1.807, 2.05) is 36.4 Å². The first-order chi connectivity index (χ1) is 9.76. The van der Waals surface area contributed by atoms with Crippen LogP contribution in [-0.2, 0) is 0 Å². The minimum absolute atomic E-state index is 0.343. The molecule has 1 aliphatic carbocycles. The van der Waals surface area contributed by atoms with Gasteiger partial charge < -0.3 is 5.32 Å². The van der Waals surface area contributed by atoms with Crippen molar-refractivity contribution in [2.75, 3.05) is 5.32 Å². The number of nitriles is 1.